The van der Waals surface area contributed by atoms with Crippen molar-refractivity contribution in [1.29, 1.82) is 0 Å². The fourth-order valence-corrected chi connectivity index (χ4v) is 2.57. The zero-order chi connectivity index (χ0) is 19.8. The van der Waals surface area contributed by atoms with Crippen LogP contribution in [0.5, 0.6) is 0 Å². The second kappa shape index (κ2) is 9.52. The number of nitrogens with zero attached hydrogens (tertiary/aromatic N) is 2. The van der Waals surface area contributed by atoms with Gasteiger partial charge in [0.15, 0.2) is 6.21 Å². The lowest BCUT2D eigenvalue weighted by atomic mass is 10.1. The van der Waals surface area contributed by atoms with Gasteiger partial charge < -0.3 is 14.8 Å². The zero-order valence-corrected chi connectivity index (χ0v) is 15.8. The van der Waals surface area contributed by atoms with Crippen LogP contribution in [0.3, 0.4) is 0 Å². The smallest absolute Gasteiger partial charge is 0.338 e. The first-order valence-corrected chi connectivity index (χ1v) is 8.97. The molecule has 2 aromatic carbocycles. The summed E-state index contributed by atoms with van der Waals surface area (Å²) in [5.74, 6) is -0.445. The predicted molar refractivity (Wildman–Crippen MR) is 105 cm³/mol. The second-order valence-corrected chi connectivity index (χ2v) is 5.82. The van der Waals surface area contributed by atoms with Crippen molar-refractivity contribution in [2.45, 2.75) is 20.8 Å². The largest absolute Gasteiger partial charge is 0.618 e. The van der Waals surface area contributed by atoms with Crippen LogP contribution in [0.4, 0.5) is 5.69 Å². The van der Waals surface area contributed by atoms with Crippen LogP contribution in [0, 0.1) is 5.21 Å². The van der Waals surface area contributed by atoms with E-state index in [4.69, 9.17) is 4.74 Å². The van der Waals surface area contributed by atoms with Gasteiger partial charge in [-0.05, 0) is 57.2 Å². The topological polar surface area (TPSA) is 72.7 Å². The summed E-state index contributed by atoms with van der Waals surface area (Å²) in [6, 6.07) is 13.1. The Morgan fingerprint density at radius 2 is 1.52 bits per heavy atom. The lowest BCUT2D eigenvalue weighted by Gasteiger charge is -2.18. The molecule has 0 heterocycles. The summed E-state index contributed by atoms with van der Waals surface area (Å²) in [6.07, 6.45) is 1.42. The minimum absolute atomic E-state index is 0.0277. The van der Waals surface area contributed by atoms with Gasteiger partial charge >= 0.3 is 5.97 Å². The van der Waals surface area contributed by atoms with Gasteiger partial charge in [-0.1, -0.05) is 0 Å². The van der Waals surface area contributed by atoms with Crippen LogP contribution < -0.4 is 0 Å². The third-order valence-corrected chi connectivity index (χ3v) is 4.11. The Morgan fingerprint density at radius 3 is 2.04 bits per heavy atom. The van der Waals surface area contributed by atoms with Gasteiger partial charge in [-0.3, -0.25) is 4.79 Å². The molecule has 0 saturated carbocycles. The molecule has 2 rings (SSSR count). The van der Waals surface area contributed by atoms with Gasteiger partial charge in [-0.2, -0.15) is 4.74 Å². The third-order valence-electron chi connectivity index (χ3n) is 4.11. The highest BCUT2D eigenvalue weighted by Gasteiger charge is 2.12. The van der Waals surface area contributed by atoms with Crippen molar-refractivity contribution >= 4 is 23.8 Å². The molecule has 0 aromatic heterocycles. The average Bonchev–Trinajstić information content (AvgIpc) is 2.69. The van der Waals surface area contributed by atoms with Crippen molar-refractivity contribution in [1.82, 2.24) is 4.90 Å². The first-order valence-electron chi connectivity index (χ1n) is 8.97. The minimum Gasteiger partial charge on any atom is -0.618 e. The predicted octanol–water partition coefficient (Wildman–Crippen LogP) is 3.61. The highest BCUT2D eigenvalue weighted by Crippen LogP contribution is 2.14. The Labute approximate surface area is 159 Å². The molecule has 142 valence electrons. The SMILES string of the molecule is CCOC(=O)c1ccc([N+]([O-])=Cc2ccc(C(=O)N(CC)CC)cc2)cc1. The van der Waals surface area contributed by atoms with Gasteiger partial charge in [-0.15, -0.1) is 0 Å². The van der Waals surface area contributed by atoms with E-state index in [9.17, 15) is 14.8 Å². The molecule has 0 aliphatic heterocycles. The molecular weight excluding hydrogens is 344 g/mol. The summed E-state index contributed by atoms with van der Waals surface area (Å²) in [5.41, 5.74) is 2.06. The Kier molecular flexibility index (Phi) is 7.11. The maximum Gasteiger partial charge on any atom is 0.338 e. The number of amides is 1. The van der Waals surface area contributed by atoms with Crippen molar-refractivity contribution in [3.05, 3.63) is 70.4 Å². The van der Waals surface area contributed by atoms with Gasteiger partial charge in [0.05, 0.1) is 12.2 Å². The van der Waals surface area contributed by atoms with Crippen LogP contribution in [-0.2, 0) is 4.74 Å². The zero-order valence-electron chi connectivity index (χ0n) is 15.8. The van der Waals surface area contributed by atoms with E-state index in [2.05, 4.69) is 0 Å². The molecule has 0 N–H and O–H groups in total. The summed E-state index contributed by atoms with van der Waals surface area (Å²) in [5, 5.41) is 12.3. The van der Waals surface area contributed by atoms with Crippen LogP contribution in [0.25, 0.3) is 0 Å². The highest BCUT2D eigenvalue weighted by molar-refractivity contribution is 5.95. The first-order chi connectivity index (χ1) is 13.0. The molecule has 0 fully saturated rings. The molecule has 6 heteroatoms. The van der Waals surface area contributed by atoms with E-state index in [1.165, 1.54) is 6.21 Å². The van der Waals surface area contributed by atoms with E-state index >= 15 is 0 Å². The van der Waals surface area contributed by atoms with Gasteiger partial charge in [-0.25, -0.2) is 4.79 Å². The van der Waals surface area contributed by atoms with E-state index in [1.54, 1.807) is 60.4 Å². The number of esters is 1. The number of rotatable bonds is 7. The molecule has 6 nitrogen and oxygen atoms in total. The van der Waals surface area contributed by atoms with E-state index in [0.29, 0.717) is 42.1 Å². The Balaban J connectivity index is 2.13. The monoisotopic (exact) mass is 368 g/mol. The average molecular weight is 368 g/mol. The van der Waals surface area contributed by atoms with Crippen molar-refractivity contribution in [3.8, 4) is 0 Å². The Morgan fingerprint density at radius 1 is 0.963 bits per heavy atom. The van der Waals surface area contributed by atoms with E-state index in [1.807, 2.05) is 13.8 Å². The van der Waals surface area contributed by atoms with Gasteiger partial charge in [0.25, 0.3) is 5.91 Å². The van der Waals surface area contributed by atoms with Crippen LogP contribution in [0.1, 0.15) is 47.1 Å². The quantitative estimate of drug-likeness (QED) is 0.246. The van der Waals surface area contributed by atoms with Crippen molar-refractivity contribution < 1.29 is 19.1 Å². The summed E-state index contributed by atoms with van der Waals surface area (Å²) >= 11 is 0. The lowest BCUT2D eigenvalue weighted by molar-refractivity contribution is -0.354. The molecule has 0 radical (unpaired) electrons. The maximum atomic E-state index is 12.3. The highest BCUT2D eigenvalue weighted by atomic mass is 16.5. The fraction of sp³-hybridized carbons (Fsp3) is 0.286. The van der Waals surface area contributed by atoms with Gasteiger partial charge in [0.1, 0.15) is 0 Å². The van der Waals surface area contributed by atoms with E-state index in [-0.39, 0.29) is 5.91 Å². The molecule has 1 amide bonds. The summed E-state index contributed by atoms with van der Waals surface area (Å²) < 4.78 is 5.64. The number of carbonyl (C=O) groups is 2. The molecule has 0 unspecified atom stereocenters. The van der Waals surface area contributed by atoms with Crippen molar-refractivity contribution in [3.63, 3.8) is 0 Å². The number of carbonyl (C=O) groups excluding carboxylic acids is 2. The van der Waals surface area contributed by atoms with E-state index < -0.39 is 5.97 Å². The molecule has 2 aromatic rings. The summed E-state index contributed by atoms with van der Waals surface area (Å²) in [4.78, 5) is 25.7. The minimum atomic E-state index is -0.418. The number of hydrogen-bond acceptors (Lipinski definition) is 4. The maximum absolute atomic E-state index is 12.3. The molecule has 0 atom stereocenters. The normalized spacial score (nSPS) is 11.1. The molecule has 0 spiro atoms. The second-order valence-electron chi connectivity index (χ2n) is 5.82. The lowest BCUT2D eigenvalue weighted by Crippen LogP contribution is -2.30. The van der Waals surface area contributed by atoms with Gasteiger partial charge in [0.2, 0.25) is 5.69 Å². The van der Waals surface area contributed by atoms with Crippen LogP contribution >= 0.6 is 0 Å². The number of benzene rings is 2. The van der Waals surface area contributed by atoms with Crippen molar-refractivity contribution in [2.24, 2.45) is 0 Å². The summed E-state index contributed by atoms with van der Waals surface area (Å²) in [6.45, 7) is 7.22. The fourth-order valence-electron chi connectivity index (χ4n) is 2.57. The molecular formula is C21H24N2O4. The Hall–Kier alpha value is -3.15. The number of hydrogen-bond donors (Lipinski definition) is 0. The summed E-state index contributed by atoms with van der Waals surface area (Å²) in [7, 11) is 0. The van der Waals surface area contributed by atoms with Gasteiger partial charge in [0, 0.05) is 36.3 Å². The first kappa shape index (κ1) is 20.2. The van der Waals surface area contributed by atoms with Crippen LogP contribution in [0.2, 0.25) is 0 Å². The third kappa shape index (κ3) is 5.17. The molecule has 0 saturated heterocycles. The van der Waals surface area contributed by atoms with Crippen molar-refractivity contribution in [2.75, 3.05) is 19.7 Å². The van der Waals surface area contributed by atoms with Crippen LogP contribution in [-0.4, -0.2) is 47.4 Å². The number of ether oxygens (including phenoxy) is 1. The molecule has 0 bridgehead atoms. The Bertz CT molecular complexity index is 807. The molecule has 0 aliphatic carbocycles. The molecule has 27 heavy (non-hydrogen) atoms. The van der Waals surface area contributed by atoms with Crippen LogP contribution in [0.15, 0.2) is 48.5 Å². The standard InChI is InChI=1S/C21H24N2O4/c1-4-22(5-2)20(24)17-9-7-16(8-10-17)15-23(26)19-13-11-18(12-14-19)21(25)27-6-3/h7-15H,4-6H2,1-3H3. The molecule has 0 aliphatic rings. The van der Waals surface area contributed by atoms with E-state index in [0.717, 1.165) is 4.74 Å².